The normalized spacial score (nSPS) is 11.9. The summed E-state index contributed by atoms with van der Waals surface area (Å²) in [5, 5.41) is 0. The second-order valence-electron chi connectivity index (χ2n) is 4.57. The predicted octanol–water partition coefficient (Wildman–Crippen LogP) is 2.06. The maximum Gasteiger partial charge on any atom is 0.223 e. The lowest BCUT2D eigenvalue weighted by Crippen LogP contribution is -2.42. The quantitative estimate of drug-likeness (QED) is 0.828. The van der Waals surface area contributed by atoms with Crippen molar-refractivity contribution in [3.8, 4) is 0 Å². The van der Waals surface area contributed by atoms with E-state index in [1.807, 2.05) is 32.0 Å². The van der Waals surface area contributed by atoms with E-state index in [2.05, 4.69) is 6.07 Å². The lowest BCUT2D eigenvalue weighted by molar-refractivity contribution is -0.130. The predicted molar refractivity (Wildman–Crippen MR) is 78.5 cm³/mol. The molecule has 2 N–H and O–H groups in total. The van der Waals surface area contributed by atoms with Crippen molar-refractivity contribution in [2.45, 2.75) is 32.7 Å². The van der Waals surface area contributed by atoms with Crippen molar-refractivity contribution in [3.05, 3.63) is 35.4 Å². The Labute approximate surface area is 114 Å². The molecule has 1 atom stereocenters. The summed E-state index contributed by atoms with van der Waals surface area (Å²) in [7, 11) is 1.74. The van der Waals surface area contributed by atoms with Crippen LogP contribution in [0.15, 0.2) is 24.3 Å². The van der Waals surface area contributed by atoms with Crippen LogP contribution in [0.1, 0.15) is 24.5 Å². The first-order valence-electron chi connectivity index (χ1n) is 6.02. The van der Waals surface area contributed by atoms with Crippen molar-refractivity contribution in [2.24, 2.45) is 5.73 Å². The summed E-state index contributed by atoms with van der Waals surface area (Å²) >= 11 is 4.89. The number of thiocarbonyl (C=S) groups is 1. The summed E-state index contributed by atoms with van der Waals surface area (Å²) in [6.07, 6.45) is 1.22. The molecular weight excluding hydrogens is 244 g/mol. The van der Waals surface area contributed by atoms with E-state index in [9.17, 15) is 4.79 Å². The van der Waals surface area contributed by atoms with Gasteiger partial charge in [0.25, 0.3) is 0 Å². The maximum atomic E-state index is 12.0. The highest BCUT2D eigenvalue weighted by Gasteiger charge is 2.17. The molecule has 1 aromatic carbocycles. The van der Waals surface area contributed by atoms with Crippen LogP contribution in [0.5, 0.6) is 0 Å². The van der Waals surface area contributed by atoms with Gasteiger partial charge < -0.3 is 10.6 Å². The Bertz CT molecular complexity index is 445. The summed E-state index contributed by atoms with van der Waals surface area (Å²) in [5.74, 6) is 0.0665. The van der Waals surface area contributed by atoms with Crippen LogP contribution in [0.2, 0.25) is 0 Å². The van der Waals surface area contributed by atoms with Crippen molar-refractivity contribution in [2.75, 3.05) is 7.05 Å². The molecule has 1 unspecified atom stereocenters. The van der Waals surface area contributed by atoms with Crippen LogP contribution in [0.4, 0.5) is 0 Å². The minimum atomic E-state index is -0.190. The van der Waals surface area contributed by atoms with E-state index in [4.69, 9.17) is 18.0 Å². The highest BCUT2D eigenvalue weighted by molar-refractivity contribution is 7.80. The Hall–Kier alpha value is -1.42. The number of nitrogens with two attached hydrogens (primary N) is 1. The Morgan fingerprint density at radius 2 is 2.17 bits per heavy atom. The molecule has 0 fully saturated rings. The van der Waals surface area contributed by atoms with E-state index >= 15 is 0 Å². The van der Waals surface area contributed by atoms with Crippen LogP contribution in [0, 0.1) is 6.92 Å². The van der Waals surface area contributed by atoms with E-state index in [1.54, 1.807) is 11.9 Å². The number of rotatable bonds is 5. The smallest absolute Gasteiger partial charge is 0.223 e. The number of hydrogen-bond donors (Lipinski definition) is 1. The Kier molecular flexibility index (Phi) is 5.28. The lowest BCUT2D eigenvalue weighted by atomic mass is 10.1. The molecule has 0 aromatic heterocycles. The van der Waals surface area contributed by atoms with Crippen LogP contribution < -0.4 is 5.73 Å². The van der Waals surface area contributed by atoms with Gasteiger partial charge in [0.15, 0.2) is 0 Å². The third kappa shape index (κ3) is 4.11. The molecule has 3 nitrogen and oxygen atoms in total. The zero-order chi connectivity index (χ0) is 13.7. The first-order valence-corrected chi connectivity index (χ1v) is 6.43. The fraction of sp³-hybridized carbons (Fsp3) is 0.429. The third-order valence-corrected chi connectivity index (χ3v) is 3.44. The molecule has 4 heteroatoms. The van der Waals surface area contributed by atoms with Gasteiger partial charge in [-0.3, -0.25) is 4.79 Å². The van der Waals surface area contributed by atoms with Crippen LogP contribution in [-0.4, -0.2) is 28.9 Å². The fourth-order valence-corrected chi connectivity index (χ4v) is 1.86. The van der Waals surface area contributed by atoms with Crippen LogP contribution in [0.3, 0.4) is 0 Å². The molecule has 1 aromatic rings. The highest BCUT2D eigenvalue weighted by atomic mass is 32.1. The summed E-state index contributed by atoms with van der Waals surface area (Å²) in [6.45, 7) is 3.89. The topological polar surface area (TPSA) is 46.3 Å². The summed E-state index contributed by atoms with van der Waals surface area (Å²) in [5.41, 5.74) is 7.93. The van der Waals surface area contributed by atoms with Crippen molar-refractivity contribution in [3.63, 3.8) is 0 Å². The average molecular weight is 264 g/mol. The Morgan fingerprint density at radius 3 is 2.72 bits per heavy atom. The third-order valence-electron chi connectivity index (χ3n) is 3.10. The first-order chi connectivity index (χ1) is 8.41. The molecule has 0 radical (unpaired) electrons. The van der Waals surface area contributed by atoms with Gasteiger partial charge in [0.2, 0.25) is 5.91 Å². The van der Waals surface area contributed by atoms with E-state index in [-0.39, 0.29) is 11.9 Å². The number of amides is 1. The molecule has 0 spiro atoms. The SMILES string of the molecule is Cc1cccc(CCC(=O)N(C)C(C)C(N)=S)c1. The van der Waals surface area contributed by atoms with Crippen LogP contribution in [0.25, 0.3) is 0 Å². The average Bonchev–Trinajstić information content (AvgIpc) is 2.34. The molecule has 0 saturated carbocycles. The van der Waals surface area contributed by atoms with Crippen molar-refractivity contribution < 1.29 is 4.79 Å². The molecule has 0 aliphatic rings. The fourth-order valence-electron chi connectivity index (χ4n) is 1.70. The van der Waals surface area contributed by atoms with Gasteiger partial charge in [-0.1, -0.05) is 42.0 Å². The Balaban J connectivity index is 2.53. The number of aryl methyl sites for hydroxylation is 2. The minimum Gasteiger partial charge on any atom is -0.392 e. The number of carbonyl (C=O) groups is 1. The standard InChI is InChI=1S/C14H20N2OS/c1-10-5-4-6-12(9-10)7-8-13(17)16(3)11(2)14(15)18/h4-6,9,11H,7-8H2,1-3H3,(H2,15,18). The zero-order valence-electron chi connectivity index (χ0n) is 11.1. The molecular formula is C14H20N2OS. The molecule has 1 amide bonds. The van der Waals surface area contributed by atoms with E-state index in [1.165, 1.54) is 11.1 Å². The number of nitrogens with zero attached hydrogens (tertiary/aromatic N) is 1. The number of carbonyl (C=O) groups excluding carboxylic acids is 1. The van der Waals surface area contributed by atoms with E-state index in [0.717, 1.165) is 6.42 Å². The van der Waals surface area contributed by atoms with Crippen LogP contribution in [-0.2, 0) is 11.2 Å². The van der Waals surface area contributed by atoms with Crippen LogP contribution >= 0.6 is 12.2 Å². The first kappa shape index (κ1) is 14.6. The number of benzene rings is 1. The molecule has 0 saturated heterocycles. The number of likely N-dealkylation sites (N-methyl/N-ethyl adjacent to an activating group) is 1. The summed E-state index contributed by atoms with van der Waals surface area (Å²) in [4.78, 5) is 13.9. The van der Waals surface area contributed by atoms with Gasteiger partial charge in [0.05, 0.1) is 11.0 Å². The van der Waals surface area contributed by atoms with Crippen molar-refractivity contribution in [1.82, 2.24) is 4.90 Å². The zero-order valence-corrected chi connectivity index (χ0v) is 12.0. The van der Waals surface area contributed by atoms with Gasteiger partial charge in [0, 0.05) is 13.5 Å². The number of hydrogen-bond acceptors (Lipinski definition) is 2. The second kappa shape index (κ2) is 6.50. The second-order valence-corrected chi connectivity index (χ2v) is 5.04. The van der Waals surface area contributed by atoms with E-state index in [0.29, 0.717) is 11.4 Å². The van der Waals surface area contributed by atoms with Gasteiger partial charge in [-0.15, -0.1) is 0 Å². The molecule has 0 bridgehead atoms. The lowest BCUT2D eigenvalue weighted by Gasteiger charge is -2.23. The molecule has 1 rings (SSSR count). The van der Waals surface area contributed by atoms with Gasteiger partial charge >= 0.3 is 0 Å². The van der Waals surface area contributed by atoms with Crippen molar-refractivity contribution >= 4 is 23.1 Å². The molecule has 0 aliphatic carbocycles. The molecule has 18 heavy (non-hydrogen) atoms. The molecule has 0 aliphatic heterocycles. The van der Waals surface area contributed by atoms with E-state index < -0.39 is 0 Å². The Morgan fingerprint density at radius 1 is 1.50 bits per heavy atom. The molecule has 98 valence electrons. The minimum absolute atomic E-state index is 0.0665. The van der Waals surface area contributed by atoms with Gasteiger partial charge in [-0.05, 0) is 25.8 Å². The highest BCUT2D eigenvalue weighted by Crippen LogP contribution is 2.08. The summed E-state index contributed by atoms with van der Waals surface area (Å²) < 4.78 is 0. The summed E-state index contributed by atoms with van der Waals surface area (Å²) in [6, 6.07) is 8.01. The maximum absolute atomic E-state index is 12.0. The largest absolute Gasteiger partial charge is 0.392 e. The van der Waals surface area contributed by atoms with Crippen molar-refractivity contribution in [1.29, 1.82) is 0 Å². The van der Waals surface area contributed by atoms with Gasteiger partial charge in [0.1, 0.15) is 0 Å². The monoisotopic (exact) mass is 264 g/mol. The van der Waals surface area contributed by atoms with Gasteiger partial charge in [-0.2, -0.15) is 0 Å². The van der Waals surface area contributed by atoms with Gasteiger partial charge in [-0.25, -0.2) is 0 Å². The molecule has 0 heterocycles.